The highest BCUT2D eigenvalue weighted by atomic mass is 32.1. The summed E-state index contributed by atoms with van der Waals surface area (Å²) in [6.45, 7) is 8.33. The van der Waals surface area contributed by atoms with Crippen LogP contribution in [0.1, 0.15) is 41.1 Å². The predicted octanol–water partition coefficient (Wildman–Crippen LogP) is 4.40. The molecule has 6 nitrogen and oxygen atoms in total. The van der Waals surface area contributed by atoms with Gasteiger partial charge in [0.2, 0.25) is 0 Å². The van der Waals surface area contributed by atoms with Crippen molar-refractivity contribution < 1.29 is 9.53 Å². The van der Waals surface area contributed by atoms with Gasteiger partial charge in [0.05, 0.1) is 17.9 Å². The van der Waals surface area contributed by atoms with Gasteiger partial charge in [-0.3, -0.25) is 9.78 Å². The van der Waals surface area contributed by atoms with E-state index < -0.39 is 0 Å². The van der Waals surface area contributed by atoms with Crippen LogP contribution in [0.4, 0.5) is 5.82 Å². The number of carbonyl (C=O) groups excluding carboxylic acids is 1. The Morgan fingerprint density at radius 1 is 1.20 bits per heavy atom. The zero-order valence-electron chi connectivity index (χ0n) is 17.9. The van der Waals surface area contributed by atoms with Crippen LogP contribution in [-0.4, -0.2) is 40.6 Å². The van der Waals surface area contributed by atoms with Gasteiger partial charge in [-0.1, -0.05) is 6.07 Å². The summed E-state index contributed by atoms with van der Waals surface area (Å²) in [5.74, 6) is 0.905. The monoisotopic (exact) mass is 424 g/mol. The largest absolute Gasteiger partial charge is 0.465 e. The second-order valence-electron chi connectivity index (χ2n) is 7.96. The summed E-state index contributed by atoms with van der Waals surface area (Å²) in [6, 6.07) is 6.02. The van der Waals surface area contributed by atoms with E-state index >= 15 is 0 Å². The van der Waals surface area contributed by atoms with Crippen molar-refractivity contribution in [2.24, 2.45) is 5.92 Å². The summed E-state index contributed by atoms with van der Waals surface area (Å²) < 4.78 is 5.56. The van der Waals surface area contributed by atoms with Crippen molar-refractivity contribution in [2.45, 2.75) is 46.5 Å². The minimum Gasteiger partial charge on any atom is -0.465 e. The summed E-state index contributed by atoms with van der Waals surface area (Å²) >= 11 is 1.72. The Morgan fingerprint density at radius 2 is 2.00 bits per heavy atom. The first kappa shape index (κ1) is 20.7. The van der Waals surface area contributed by atoms with E-state index in [9.17, 15) is 4.79 Å². The molecule has 0 bridgehead atoms. The van der Waals surface area contributed by atoms with Gasteiger partial charge in [0.1, 0.15) is 17.0 Å². The van der Waals surface area contributed by atoms with Gasteiger partial charge in [0.15, 0.2) is 0 Å². The summed E-state index contributed by atoms with van der Waals surface area (Å²) in [7, 11) is 0. The van der Waals surface area contributed by atoms with Crippen LogP contribution < -0.4 is 4.90 Å². The number of rotatable bonds is 6. The molecule has 0 saturated carbocycles. The van der Waals surface area contributed by atoms with E-state index in [0.29, 0.717) is 6.61 Å². The topological polar surface area (TPSA) is 68.2 Å². The molecular formula is C23H28N4O2S. The Morgan fingerprint density at radius 3 is 2.77 bits per heavy atom. The van der Waals surface area contributed by atoms with E-state index in [4.69, 9.17) is 4.74 Å². The maximum Gasteiger partial charge on any atom is 0.309 e. The van der Waals surface area contributed by atoms with Gasteiger partial charge in [-0.15, -0.1) is 11.3 Å². The quantitative estimate of drug-likeness (QED) is 0.431. The highest BCUT2D eigenvalue weighted by Crippen LogP contribution is 2.35. The minimum absolute atomic E-state index is 0.0269. The number of piperidine rings is 1. The number of ether oxygens (including phenoxy) is 1. The lowest BCUT2D eigenvalue weighted by Crippen LogP contribution is -2.37. The number of thiophene rings is 1. The van der Waals surface area contributed by atoms with Gasteiger partial charge in [-0.25, -0.2) is 9.97 Å². The number of fused-ring (bicyclic) bond motifs is 1. The fourth-order valence-electron chi connectivity index (χ4n) is 4.01. The number of pyridine rings is 1. The lowest BCUT2D eigenvalue weighted by atomic mass is 9.96. The molecule has 0 spiro atoms. The van der Waals surface area contributed by atoms with Crippen LogP contribution in [-0.2, 0) is 16.0 Å². The molecule has 158 valence electrons. The van der Waals surface area contributed by atoms with E-state index in [-0.39, 0.29) is 11.9 Å². The van der Waals surface area contributed by atoms with Crippen molar-refractivity contribution in [1.29, 1.82) is 0 Å². The molecule has 0 aliphatic carbocycles. The highest BCUT2D eigenvalue weighted by Gasteiger charge is 2.28. The Kier molecular flexibility index (Phi) is 6.27. The fraction of sp³-hybridized carbons (Fsp3) is 0.478. The number of hydrogen-bond acceptors (Lipinski definition) is 7. The van der Waals surface area contributed by atoms with Crippen molar-refractivity contribution >= 4 is 33.3 Å². The van der Waals surface area contributed by atoms with Crippen LogP contribution in [0.15, 0.2) is 24.5 Å². The molecule has 3 aromatic rings. The van der Waals surface area contributed by atoms with Gasteiger partial charge in [-0.2, -0.15) is 0 Å². The molecule has 1 saturated heterocycles. The van der Waals surface area contributed by atoms with E-state index in [1.807, 2.05) is 25.1 Å². The third kappa shape index (κ3) is 4.46. The zero-order chi connectivity index (χ0) is 21.1. The number of esters is 1. The third-order valence-electron chi connectivity index (χ3n) is 5.84. The van der Waals surface area contributed by atoms with Gasteiger partial charge < -0.3 is 9.64 Å². The summed E-state index contributed by atoms with van der Waals surface area (Å²) in [4.78, 5) is 30.6. The molecule has 0 unspecified atom stereocenters. The summed E-state index contributed by atoms with van der Waals surface area (Å²) in [6.07, 6.45) is 4.88. The van der Waals surface area contributed by atoms with Gasteiger partial charge in [0.25, 0.3) is 0 Å². The Hall–Kier alpha value is -2.54. The smallest absolute Gasteiger partial charge is 0.309 e. The maximum atomic E-state index is 12.5. The summed E-state index contributed by atoms with van der Waals surface area (Å²) in [5.41, 5.74) is 3.33. The average Bonchev–Trinajstić information content (AvgIpc) is 3.05. The predicted molar refractivity (Wildman–Crippen MR) is 120 cm³/mol. The zero-order valence-corrected chi connectivity index (χ0v) is 18.7. The van der Waals surface area contributed by atoms with Gasteiger partial charge in [-0.05, 0) is 64.2 Å². The minimum atomic E-state index is -0.0674. The standard InChI is InChI=1S/C23H28N4O2S/c1-15-6-4-7-19(26-15)8-5-13-29-23(28)18-9-11-27(12-10-18)21-20-16(2)17(3)30-22(20)25-14-24-21/h4,6-7,14,18H,5,8-13H2,1-3H3. The molecule has 0 aromatic carbocycles. The number of carbonyl (C=O) groups is 1. The van der Waals surface area contributed by atoms with E-state index in [2.05, 4.69) is 33.7 Å². The molecule has 7 heteroatoms. The van der Waals surface area contributed by atoms with Crippen LogP contribution in [0.5, 0.6) is 0 Å². The molecule has 0 N–H and O–H groups in total. The molecule has 4 heterocycles. The van der Waals surface area contributed by atoms with Crippen LogP contribution >= 0.6 is 11.3 Å². The van der Waals surface area contributed by atoms with Crippen LogP contribution in [0.2, 0.25) is 0 Å². The Balaban J connectivity index is 1.28. The first-order chi connectivity index (χ1) is 14.5. The molecule has 0 atom stereocenters. The third-order valence-corrected chi connectivity index (χ3v) is 6.96. The molecule has 3 aromatic heterocycles. The first-order valence-corrected chi connectivity index (χ1v) is 11.4. The molecule has 1 fully saturated rings. The molecular weight excluding hydrogens is 396 g/mol. The fourth-order valence-corrected chi connectivity index (χ4v) is 5.00. The van der Waals surface area contributed by atoms with Crippen LogP contribution in [0, 0.1) is 26.7 Å². The lowest BCUT2D eigenvalue weighted by molar-refractivity contribution is -0.149. The average molecular weight is 425 g/mol. The number of hydrogen-bond donors (Lipinski definition) is 0. The first-order valence-electron chi connectivity index (χ1n) is 10.6. The molecule has 1 aliphatic rings. The normalized spacial score (nSPS) is 15.0. The van der Waals surface area contributed by atoms with Crippen molar-refractivity contribution in [3.63, 3.8) is 0 Å². The van der Waals surface area contributed by atoms with Crippen LogP contribution in [0.25, 0.3) is 10.2 Å². The molecule has 4 rings (SSSR count). The molecule has 0 radical (unpaired) electrons. The van der Waals surface area contributed by atoms with E-state index in [1.54, 1.807) is 17.7 Å². The van der Waals surface area contributed by atoms with E-state index in [0.717, 1.165) is 66.2 Å². The number of nitrogens with zero attached hydrogens (tertiary/aromatic N) is 4. The highest BCUT2D eigenvalue weighted by molar-refractivity contribution is 7.18. The van der Waals surface area contributed by atoms with Crippen molar-refractivity contribution in [3.05, 3.63) is 46.4 Å². The van der Waals surface area contributed by atoms with E-state index in [1.165, 1.54) is 10.4 Å². The van der Waals surface area contributed by atoms with Crippen molar-refractivity contribution in [3.8, 4) is 0 Å². The molecule has 0 amide bonds. The Bertz CT molecular complexity index is 1040. The van der Waals surface area contributed by atoms with Gasteiger partial charge in [0, 0.05) is 29.4 Å². The Labute approximate surface area is 181 Å². The number of anilines is 1. The second kappa shape index (κ2) is 9.08. The lowest BCUT2D eigenvalue weighted by Gasteiger charge is -2.32. The maximum absolute atomic E-state index is 12.5. The van der Waals surface area contributed by atoms with Crippen molar-refractivity contribution in [2.75, 3.05) is 24.6 Å². The SMILES string of the molecule is Cc1cccc(CCCOC(=O)C2CCN(c3ncnc4sc(C)c(C)c34)CC2)n1. The molecule has 1 aliphatic heterocycles. The number of aromatic nitrogens is 3. The summed E-state index contributed by atoms with van der Waals surface area (Å²) in [5, 5.41) is 1.16. The van der Waals surface area contributed by atoms with Crippen molar-refractivity contribution in [1.82, 2.24) is 15.0 Å². The van der Waals surface area contributed by atoms with Crippen LogP contribution in [0.3, 0.4) is 0 Å². The molecule has 30 heavy (non-hydrogen) atoms. The number of aryl methyl sites for hydroxylation is 4. The van der Waals surface area contributed by atoms with Gasteiger partial charge >= 0.3 is 5.97 Å². The second-order valence-corrected chi connectivity index (χ2v) is 9.17.